The molecular formula is C17H16N2O3. The number of nitrogens with one attached hydrogen (secondary N) is 2. The van der Waals surface area contributed by atoms with Gasteiger partial charge in [-0.25, -0.2) is 0 Å². The molecule has 0 aromatic heterocycles. The minimum absolute atomic E-state index is 0.0264. The van der Waals surface area contributed by atoms with Gasteiger partial charge in [-0.1, -0.05) is 29.8 Å². The van der Waals surface area contributed by atoms with Crippen molar-refractivity contribution in [3.05, 3.63) is 59.2 Å². The summed E-state index contributed by atoms with van der Waals surface area (Å²) in [6.07, 6.45) is 0. The summed E-state index contributed by atoms with van der Waals surface area (Å²) in [4.78, 5) is 23.4. The zero-order valence-electron chi connectivity index (χ0n) is 12.2. The molecule has 2 aromatic rings. The van der Waals surface area contributed by atoms with Gasteiger partial charge in [0.25, 0.3) is 11.8 Å². The number of amides is 2. The molecule has 0 unspecified atom stereocenters. The number of hydrogen-bond donors (Lipinski definition) is 2. The van der Waals surface area contributed by atoms with Crippen molar-refractivity contribution in [3.63, 3.8) is 0 Å². The van der Waals surface area contributed by atoms with Gasteiger partial charge >= 0.3 is 0 Å². The molecule has 2 amide bonds. The average Bonchev–Trinajstić information content (AvgIpc) is 2.52. The molecule has 0 aliphatic carbocycles. The maximum Gasteiger partial charge on any atom is 0.262 e. The first-order valence-corrected chi connectivity index (χ1v) is 7.02. The Bertz CT molecular complexity index is 740. The van der Waals surface area contributed by atoms with Crippen molar-refractivity contribution in [2.75, 3.05) is 11.9 Å². The van der Waals surface area contributed by atoms with Crippen LogP contribution >= 0.6 is 0 Å². The van der Waals surface area contributed by atoms with Crippen molar-refractivity contribution in [1.29, 1.82) is 0 Å². The van der Waals surface area contributed by atoms with Crippen LogP contribution in [-0.2, 0) is 11.3 Å². The highest BCUT2D eigenvalue weighted by Crippen LogP contribution is 2.28. The van der Waals surface area contributed by atoms with E-state index in [4.69, 9.17) is 4.74 Å². The third-order valence-corrected chi connectivity index (χ3v) is 3.41. The molecule has 0 saturated carbocycles. The minimum Gasteiger partial charge on any atom is -0.482 e. The molecule has 0 saturated heterocycles. The van der Waals surface area contributed by atoms with Gasteiger partial charge in [0.1, 0.15) is 5.75 Å². The lowest BCUT2D eigenvalue weighted by Gasteiger charge is -2.18. The van der Waals surface area contributed by atoms with E-state index in [1.165, 1.54) is 0 Å². The lowest BCUT2D eigenvalue weighted by atomic mass is 10.1. The van der Waals surface area contributed by atoms with E-state index in [-0.39, 0.29) is 18.4 Å². The first-order chi connectivity index (χ1) is 10.6. The summed E-state index contributed by atoms with van der Waals surface area (Å²) in [5.41, 5.74) is 3.30. The average molecular weight is 296 g/mol. The summed E-state index contributed by atoms with van der Waals surface area (Å²) >= 11 is 0. The van der Waals surface area contributed by atoms with Crippen molar-refractivity contribution in [1.82, 2.24) is 5.32 Å². The number of hydrogen-bond acceptors (Lipinski definition) is 3. The molecule has 0 atom stereocenters. The SMILES string of the molecule is Cc1cccc(CNC(=O)c2ccc3c(c2)OCC(=O)N3)c1. The summed E-state index contributed by atoms with van der Waals surface area (Å²) < 4.78 is 5.31. The fourth-order valence-electron chi connectivity index (χ4n) is 2.32. The van der Waals surface area contributed by atoms with E-state index < -0.39 is 0 Å². The van der Waals surface area contributed by atoms with E-state index in [2.05, 4.69) is 10.6 Å². The number of rotatable bonds is 3. The second-order valence-electron chi connectivity index (χ2n) is 5.22. The standard InChI is InChI=1S/C17H16N2O3/c1-11-3-2-4-12(7-11)9-18-17(21)13-5-6-14-15(8-13)22-10-16(20)19-14/h2-8H,9-10H2,1H3,(H,18,21)(H,19,20). The highest BCUT2D eigenvalue weighted by molar-refractivity contribution is 5.98. The van der Waals surface area contributed by atoms with Crippen molar-refractivity contribution in [3.8, 4) is 5.75 Å². The number of fused-ring (bicyclic) bond motifs is 1. The van der Waals surface area contributed by atoms with E-state index in [0.717, 1.165) is 11.1 Å². The molecule has 1 heterocycles. The van der Waals surface area contributed by atoms with Crippen molar-refractivity contribution >= 4 is 17.5 Å². The first kappa shape index (κ1) is 14.1. The van der Waals surface area contributed by atoms with Gasteiger partial charge in [-0.15, -0.1) is 0 Å². The van der Waals surface area contributed by atoms with Crippen LogP contribution in [0.5, 0.6) is 5.75 Å². The third-order valence-electron chi connectivity index (χ3n) is 3.41. The molecule has 5 nitrogen and oxygen atoms in total. The van der Waals surface area contributed by atoms with Crippen LogP contribution < -0.4 is 15.4 Å². The number of anilines is 1. The Morgan fingerprint density at radius 3 is 2.95 bits per heavy atom. The smallest absolute Gasteiger partial charge is 0.262 e. The fraction of sp³-hybridized carbons (Fsp3) is 0.176. The summed E-state index contributed by atoms with van der Waals surface area (Å²) in [7, 11) is 0. The summed E-state index contributed by atoms with van der Waals surface area (Å²) in [6, 6.07) is 13.0. The van der Waals surface area contributed by atoms with Gasteiger partial charge in [0.05, 0.1) is 5.69 Å². The van der Waals surface area contributed by atoms with Gasteiger partial charge in [-0.3, -0.25) is 9.59 Å². The van der Waals surface area contributed by atoms with Gasteiger partial charge in [0.15, 0.2) is 6.61 Å². The number of aryl methyl sites for hydroxylation is 1. The number of carbonyl (C=O) groups excluding carboxylic acids is 2. The Hall–Kier alpha value is -2.82. The summed E-state index contributed by atoms with van der Waals surface area (Å²) in [6.45, 7) is 2.46. The van der Waals surface area contributed by atoms with Crippen LogP contribution in [0.1, 0.15) is 21.5 Å². The van der Waals surface area contributed by atoms with Gasteiger partial charge in [0, 0.05) is 12.1 Å². The number of ether oxygens (including phenoxy) is 1. The molecule has 0 bridgehead atoms. The molecule has 0 fully saturated rings. The number of benzene rings is 2. The maximum atomic E-state index is 12.2. The van der Waals surface area contributed by atoms with Crippen LogP contribution in [0, 0.1) is 6.92 Å². The molecule has 2 aromatic carbocycles. The van der Waals surface area contributed by atoms with Gasteiger partial charge in [-0.05, 0) is 30.7 Å². The number of carbonyl (C=O) groups is 2. The highest BCUT2D eigenvalue weighted by Gasteiger charge is 2.17. The second kappa shape index (κ2) is 5.89. The quantitative estimate of drug-likeness (QED) is 0.913. The van der Waals surface area contributed by atoms with E-state index in [0.29, 0.717) is 23.5 Å². The molecule has 1 aliphatic rings. The third kappa shape index (κ3) is 3.09. The normalized spacial score (nSPS) is 12.9. The van der Waals surface area contributed by atoms with E-state index in [9.17, 15) is 9.59 Å². The minimum atomic E-state index is -0.191. The van der Waals surface area contributed by atoms with Crippen LogP contribution in [0.4, 0.5) is 5.69 Å². The monoisotopic (exact) mass is 296 g/mol. The Kier molecular flexibility index (Phi) is 3.78. The second-order valence-corrected chi connectivity index (χ2v) is 5.22. The molecule has 2 N–H and O–H groups in total. The molecule has 22 heavy (non-hydrogen) atoms. The van der Waals surface area contributed by atoms with E-state index in [1.807, 2.05) is 31.2 Å². The van der Waals surface area contributed by atoms with Crippen LogP contribution in [0.25, 0.3) is 0 Å². The van der Waals surface area contributed by atoms with Crippen LogP contribution in [0.2, 0.25) is 0 Å². The largest absolute Gasteiger partial charge is 0.482 e. The van der Waals surface area contributed by atoms with Crippen LogP contribution in [0.3, 0.4) is 0 Å². The molecule has 112 valence electrons. The van der Waals surface area contributed by atoms with Crippen molar-refractivity contribution in [2.45, 2.75) is 13.5 Å². The maximum absolute atomic E-state index is 12.2. The van der Waals surface area contributed by atoms with Crippen LogP contribution in [-0.4, -0.2) is 18.4 Å². The topological polar surface area (TPSA) is 67.4 Å². The highest BCUT2D eigenvalue weighted by atomic mass is 16.5. The van der Waals surface area contributed by atoms with Gasteiger partial charge in [-0.2, -0.15) is 0 Å². The predicted molar refractivity (Wildman–Crippen MR) is 82.9 cm³/mol. The molecule has 3 rings (SSSR count). The molecule has 0 radical (unpaired) electrons. The fourth-order valence-corrected chi connectivity index (χ4v) is 2.32. The Balaban J connectivity index is 1.69. The van der Waals surface area contributed by atoms with Gasteiger partial charge < -0.3 is 15.4 Å². The summed E-state index contributed by atoms with van der Waals surface area (Å²) in [5, 5.41) is 5.57. The molecule has 0 spiro atoms. The molecule has 1 aliphatic heterocycles. The first-order valence-electron chi connectivity index (χ1n) is 7.02. The Morgan fingerprint density at radius 2 is 2.14 bits per heavy atom. The van der Waals surface area contributed by atoms with E-state index >= 15 is 0 Å². The van der Waals surface area contributed by atoms with Crippen LogP contribution in [0.15, 0.2) is 42.5 Å². The molecule has 5 heteroatoms. The lowest BCUT2D eigenvalue weighted by Crippen LogP contribution is -2.26. The van der Waals surface area contributed by atoms with Gasteiger partial charge in [0.2, 0.25) is 0 Å². The molecular weight excluding hydrogens is 280 g/mol. The lowest BCUT2D eigenvalue weighted by molar-refractivity contribution is -0.118. The van der Waals surface area contributed by atoms with E-state index in [1.54, 1.807) is 18.2 Å². The zero-order chi connectivity index (χ0) is 15.5. The van der Waals surface area contributed by atoms with Crippen molar-refractivity contribution in [2.24, 2.45) is 0 Å². The predicted octanol–water partition coefficient (Wildman–Crippen LogP) is 2.26. The zero-order valence-corrected chi connectivity index (χ0v) is 12.2. The summed E-state index contributed by atoms with van der Waals surface area (Å²) in [5.74, 6) is 0.150. The van der Waals surface area contributed by atoms with Crippen molar-refractivity contribution < 1.29 is 14.3 Å². The Labute approximate surface area is 128 Å². The Morgan fingerprint density at radius 1 is 1.27 bits per heavy atom.